The topological polar surface area (TPSA) is 74.4 Å². The molecule has 170 valence electrons. The molecule has 1 saturated heterocycles. The van der Waals surface area contributed by atoms with Crippen LogP contribution in [0.25, 0.3) is 22.6 Å². The van der Waals surface area contributed by atoms with Gasteiger partial charge in [0.15, 0.2) is 5.65 Å². The predicted molar refractivity (Wildman–Crippen MR) is 119 cm³/mol. The molecule has 3 aromatic rings. The summed E-state index contributed by atoms with van der Waals surface area (Å²) in [4.78, 5) is 29.3. The second kappa shape index (κ2) is 9.50. The minimum Gasteiger partial charge on any atom is -0.435 e. The summed E-state index contributed by atoms with van der Waals surface area (Å²) in [5, 5.41) is 0. The molecule has 2 aromatic heterocycles. The fourth-order valence-corrected chi connectivity index (χ4v) is 4.20. The van der Waals surface area contributed by atoms with Crippen molar-refractivity contribution in [2.75, 3.05) is 31.1 Å². The zero-order valence-corrected chi connectivity index (χ0v) is 18.2. The highest BCUT2D eigenvalue weighted by molar-refractivity contribution is 5.80. The molecule has 1 atom stereocenters. The third-order valence-corrected chi connectivity index (χ3v) is 5.83. The third-order valence-electron chi connectivity index (χ3n) is 5.83. The van der Waals surface area contributed by atoms with Crippen LogP contribution >= 0.6 is 0 Å². The first kappa shape index (κ1) is 22.0. The minimum absolute atomic E-state index is 0.0338. The standard InChI is InChI=1S/C23H27F2N5O2/c1-3-29(4-2)22(31)16-8-6-12-30(14-16)19-11-10-18-21(27-19)28-20(26-18)15-7-5-9-17(13-15)32-23(24)25/h5,7,9-11,13,16,23H,3-4,6,8,12,14H2,1-2H3,(H,26,27,28)/t16-/m1/s1. The largest absolute Gasteiger partial charge is 0.435 e. The summed E-state index contributed by atoms with van der Waals surface area (Å²) in [7, 11) is 0. The lowest BCUT2D eigenvalue weighted by molar-refractivity contribution is -0.135. The molecule has 9 heteroatoms. The van der Waals surface area contributed by atoms with Crippen LogP contribution in [0.4, 0.5) is 14.6 Å². The molecule has 1 fully saturated rings. The number of halogens is 2. The van der Waals surface area contributed by atoms with Crippen LogP contribution in [0, 0.1) is 5.92 Å². The van der Waals surface area contributed by atoms with Crippen LogP contribution in [0.15, 0.2) is 36.4 Å². The summed E-state index contributed by atoms with van der Waals surface area (Å²) in [6, 6.07) is 10.2. The second-order valence-corrected chi connectivity index (χ2v) is 7.83. The maximum absolute atomic E-state index is 12.8. The van der Waals surface area contributed by atoms with Crippen LogP contribution in [0.5, 0.6) is 5.75 Å². The first-order valence-corrected chi connectivity index (χ1v) is 10.9. The normalized spacial score (nSPS) is 16.5. The number of hydrogen-bond acceptors (Lipinski definition) is 5. The smallest absolute Gasteiger partial charge is 0.387 e. The van der Waals surface area contributed by atoms with Crippen molar-refractivity contribution in [1.29, 1.82) is 0 Å². The number of carbonyl (C=O) groups excluding carboxylic acids is 1. The van der Waals surface area contributed by atoms with Crippen LogP contribution in [-0.2, 0) is 4.79 Å². The second-order valence-electron chi connectivity index (χ2n) is 7.83. The van der Waals surface area contributed by atoms with Gasteiger partial charge >= 0.3 is 6.61 Å². The van der Waals surface area contributed by atoms with Crippen molar-refractivity contribution in [3.63, 3.8) is 0 Å². The Morgan fingerprint density at radius 2 is 2.06 bits per heavy atom. The summed E-state index contributed by atoms with van der Waals surface area (Å²) in [6.45, 7) is 4.03. The van der Waals surface area contributed by atoms with E-state index in [2.05, 4.69) is 19.6 Å². The fourth-order valence-electron chi connectivity index (χ4n) is 4.20. The van der Waals surface area contributed by atoms with Crippen LogP contribution < -0.4 is 9.64 Å². The number of imidazole rings is 1. The monoisotopic (exact) mass is 443 g/mol. The van der Waals surface area contributed by atoms with Crippen LogP contribution in [-0.4, -0.2) is 58.5 Å². The number of H-pyrrole nitrogens is 1. The van der Waals surface area contributed by atoms with Gasteiger partial charge in [0.05, 0.1) is 11.4 Å². The molecule has 0 spiro atoms. The Hall–Kier alpha value is -3.23. The minimum atomic E-state index is -2.88. The van der Waals surface area contributed by atoms with Crippen LogP contribution in [0.1, 0.15) is 26.7 Å². The number of ether oxygens (including phenoxy) is 1. The number of carbonyl (C=O) groups is 1. The maximum Gasteiger partial charge on any atom is 0.387 e. The fraction of sp³-hybridized carbons (Fsp3) is 0.435. The molecule has 1 amide bonds. The van der Waals surface area contributed by atoms with Crippen LogP contribution in [0.2, 0.25) is 0 Å². The molecule has 32 heavy (non-hydrogen) atoms. The van der Waals surface area contributed by atoms with Crippen molar-refractivity contribution in [1.82, 2.24) is 19.9 Å². The van der Waals surface area contributed by atoms with E-state index in [4.69, 9.17) is 4.98 Å². The molecule has 1 aliphatic heterocycles. The van der Waals surface area contributed by atoms with E-state index >= 15 is 0 Å². The number of hydrogen-bond donors (Lipinski definition) is 1. The SMILES string of the molecule is CCN(CC)C(=O)[C@@H]1CCCN(c2ccc3[nH]c(-c4cccc(OC(F)F)c4)nc3n2)C1. The molecule has 4 rings (SSSR count). The lowest BCUT2D eigenvalue weighted by atomic mass is 9.96. The molecule has 1 N–H and O–H groups in total. The van der Waals surface area contributed by atoms with E-state index in [1.807, 2.05) is 30.9 Å². The molecule has 0 aliphatic carbocycles. The van der Waals surface area contributed by atoms with Crippen molar-refractivity contribution < 1.29 is 18.3 Å². The van der Waals surface area contributed by atoms with Gasteiger partial charge in [-0.05, 0) is 51.0 Å². The van der Waals surface area contributed by atoms with E-state index in [-0.39, 0.29) is 17.6 Å². The average Bonchev–Trinajstić information content (AvgIpc) is 3.23. The molecule has 3 heterocycles. The van der Waals surface area contributed by atoms with Gasteiger partial charge in [0.1, 0.15) is 17.4 Å². The molecule has 7 nitrogen and oxygen atoms in total. The number of rotatable bonds is 7. The van der Waals surface area contributed by atoms with Gasteiger partial charge in [0, 0.05) is 31.7 Å². The molecule has 1 aliphatic rings. The van der Waals surface area contributed by atoms with E-state index in [0.29, 0.717) is 23.6 Å². The number of amides is 1. The van der Waals surface area contributed by atoms with Gasteiger partial charge in [0.25, 0.3) is 0 Å². The molecule has 1 aromatic carbocycles. The summed E-state index contributed by atoms with van der Waals surface area (Å²) in [5.74, 6) is 1.55. The molecule has 0 unspecified atom stereocenters. The molecule has 0 radical (unpaired) electrons. The summed E-state index contributed by atoms with van der Waals surface area (Å²) in [6.07, 6.45) is 1.82. The average molecular weight is 443 g/mol. The number of anilines is 1. The van der Waals surface area contributed by atoms with Gasteiger partial charge in [-0.25, -0.2) is 9.97 Å². The van der Waals surface area contributed by atoms with E-state index in [1.54, 1.807) is 12.1 Å². The number of aromatic nitrogens is 3. The Labute approximate surface area is 185 Å². The van der Waals surface area contributed by atoms with Gasteiger partial charge in [-0.2, -0.15) is 8.78 Å². The molecular formula is C23H27F2N5O2. The number of aromatic amines is 1. The van der Waals surface area contributed by atoms with Crippen molar-refractivity contribution in [3.05, 3.63) is 36.4 Å². The van der Waals surface area contributed by atoms with Gasteiger partial charge in [-0.3, -0.25) is 4.79 Å². The van der Waals surface area contributed by atoms with E-state index in [1.165, 1.54) is 12.1 Å². The van der Waals surface area contributed by atoms with E-state index < -0.39 is 6.61 Å². The Morgan fingerprint density at radius 1 is 1.25 bits per heavy atom. The van der Waals surface area contributed by atoms with Gasteiger partial charge in [0.2, 0.25) is 5.91 Å². The first-order chi connectivity index (χ1) is 15.5. The van der Waals surface area contributed by atoms with Crippen molar-refractivity contribution in [2.45, 2.75) is 33.3 Å². The molecular weight excluding hydrogens is 416 g/mol. The van der Waals surface area contributed by atoms with Gasteiger partial charge in [-0.15, -0.1) is 0 Å². The number of piperidine rings is 1. The van der Waals surface area contributed by atoms with E-state index in [9.17, 15) is 13.6 Å². The van der Waals surface area contributed by atoms with Crippen LogP contribution in [0.3, 0.4) is 0 Å². The highest BCUT2D eigenvalue weighted by atomic mass is 19.3. The Bertz CT molecular complexity index is 1080. The lowest BCUT2D eigenvalue weighted by Gasteiger charge is -2.35. The predicted octanol–water partition coefficient (Wildman–Crippen LogP) is 4.31. The zero-order chi connectivity index (χ0) is 22.7. The lowest BCUT2D eigenvalue weighted by Crippen LogP contribution is -2.45. The van der Waals surface area contributed by atoms with Gasteiger partial charge < -0.3 is 19.5 Å². The first-order valence-electron chi connectivity index (χ1n) is 10.9. The number of alkyl halides is 2. The Kier molecular flexibility index (Phi) is 6.53. The number of fused-ring (bicyclic) bond motifs is 1. The third kappa shape index (κ3) is 4.66. The number of nitrogens with one attached hydrogen (secondary N) is 1. The molecule has 0 saturated carbocycles. The Balaban J connectivity index is 1.55. The van der Waals surface area contributed by atoms with E-state index in [0.717, 1.165) is 43.8 Å². The van der Waals surface area contributed by atoms with Crippen molar-refractivity contribution in [2.24, 2.45) is 5.92 Å². The number of nitrogens with zero attached hydrogens (tertiary/aromatic N) is 4. The highest BCUT2D eigenvalue weighted by Crippen LogP contribution is 2.27. The molecule has 0 bridgehead atoms. The Morgan fingerprint density at radius 3 is 2.81 bits per heavy atom. The highest BCUT2D eigenvalue weighted by Gasteiger charge is 2.29. The quantitative estimate of drug-likeness (QED) is 0.589. The van der Waals surface area contributed by atoms with Crippen molar-refractivity contribution in [3.8, 4) is 17.1 Å². The number of benzene rings is 1. The number of pyridine rings is 1. The zero-order valence-electron chi connectivity index (χ0n) is 18.2. The van der Waals surface area contributed by atoms with Gasteiger partial charge in [-0.1, -0.05) is 12.1 Å². The van der Waals surface area contributed by atoms with Crippen molar-refractivity contribution >= 4 is 22.9 Å². The summed E-state index contributed by atoms with van der Waals surface area (Å²) in [5.41, 5.74) is 1.91. The summed E-state index contributed by atoms with van der Waals surface area (Å²) >= 11 is 0. The maximum atomic E-state index is 12.8. The summed E-state index contributed by atoms with van der Waals surface area (Å²) < 4.78 is 29.5.